The monoisotopic (exact) mass is 271 g/mol. The summed E-state index contributed by atoms with van der Waals surface area (Å²) in [6.45, 7) is 5.83. The molecule has 0 saturated carbocycles. The van der Waals surface area contributed by atoms with Gasteiger partial charge in [0.25, 0.3) is 0 Å². The zero-order chi connectivity index (χ0) is 13.4. The molecule has 1 amide bonds. The van der Waals surface area contributed by atoms with Gasteiger partial charge in [0.1, 0.15) is 6.54 Å². The van der Waals surface area contributed by atoms with Crippen LogP contribution in [0.3, 0.4) is 0 Å². The van der Waals surface area contributed by atoms with Gasteiger partial charge in [-0.15, -0.1) is 0 Å². The largest absolute Gasteiger partial charge is 0.354 e. The first-order valence-corrected chi connectivity index (χ1v) is 6.87. The number of unbranched alkanes of at least 4 members (excludes halogenated alkanes) is 2. The molecule has 1 aromatic heterocycles. The van der Waals surface area contributed by atoms with Crippen LogP contribution in [0.25, 0.3) is 0 Å². The van der Waals surface area contributed by atoms with Gasteiger partial charge in [-0.2, -0.15) is 4.80 Å². The molecule has 1 heterocycles. The van der Waals surface area contributed by atoms with Crippen LogP contribution in [-0.4, -0.2) is 32.2 Å². The molecule has 0 aromatic carbocycles. The average Bonchev–Trinajstić information content (AvgIpc) is 2.69. The van der Waals surface area contributed by atoms with Crippen molar-refractivity contribution in [3.8, 4) is 0 Å². The molecule has 0 saturated heterocycles. The van der Waals surface area contributed by atoms with Crippen LogP contribution in [-0.2, 0) is 17.9 Å². The van der Waals surface area contributed by atoms with Gasteiger partial charge in [-0.1, -0.05) is 31.8 Å². The molecule has 18 heavy (non-hydrogen) atoms. The fourth-order valence-corrected chi connectivity index (χ4v) is 1.69. The molecule has 7 heteroatoms. The number of hydrogen-bond donors (Lipinski definition) is 1. The minimum atomic E-state index is -0.0420. The Kier molecular flexibility index (Phi) is 6.56. The average molecular weight is 271 g/mol. The van der Waals surface area contributed by atoms with E-state index >= 15 is 0 Å². The Bertz CT molecular complexity index is 425. The van der Waals surface area contributed by atoms with E-state index in [2.05, 4.69) is 29.5 Å². The third kappa shape index (κ3) is 4.56. The zero-order valence-corrected chi connectivity index (χ0v) is 11.9. The second-order valence-electron chi connectivity index (χ2n) is 4.18. The normalized spacial score (nSPS) is 10.6. The maximum absolute atomic E-state index is 11.7. The molecule has 0 aliphatic rings. The Labute approximate surface area is 112 Å². The Morgan fingerprint density at radius 1 is 1.33 bits per heavy atom. The molecule has 1 aromatic rings. The standard InChI is InChI=1S/C11H21N5OS/c1-3-5-7-12-10(17)9-15-11(18)13-14-16(15)8-6-4-2/h3-9H2,1-2H3,(H,12,17). The number of rotatable bonds is 8. The molecule has 0 spiro atoms. The van der Waals surface area contributed by atoms with Crippen LogP contribution in [0.4, 0.5) is 0 Å². The summed E-state index contributed by atoms with van der Waals surface area (Å²) in [4.78, 5) is 13.4. The van der Waals surface area contributed by atoms with E-state index in [1.54, 1.807) is 9.48 Å². The summed E-state index contributed by atoms with van der Waals surface area (Å²) >= 11 is 5.07. The number of nitrogens with zero attached hydrogens (tertiary/aromatic N) is 4. The van der Waals surface area contributed by atoms with Gasteiger partial charge < -0.3 is 5.32 Å². The number of carbonyl (C=O) groups is 1. The molecule has 0 radical (unpaired) electrons. The highest BCUT2D eigenvalue weighted by Crippen LogP contribution is 1.95. The Balaban J connectivity index is 2.57. The lowest BCUT2D eigenvalue weighted by atomic mass is 10.3. The molecule has 0 atom stereocenters. The number of tetrazole rings is 1. The smallest absolute Gasteiger partial charge is 0.241 e. The van der Waals surface area contributed by atoms with Crippen LogP contribution in [0.2, 0.25) is 0 Å². The summed E-state index contributed by atoms with van der Waals surface area (Å²) in [6.07, 6.45) is 4.12. The van der Waals surface area contributed by atoms with E-state index in [9.17, 15) is 4.79 Å². The highest BCUT2D eigenvalue weighted by molar-refractivity contribution is 7.71. The van der Waals surface area contributed by atoms with Gasteiger partial charge >= 0.3 is 0 Å². The Morgan fingerprint density at radius 2 is 2.06 bits per heavy atom. The lowest BCUT2D eigenvalue weighted by Gasteiger charge is -2.09. The Hall–Kier alpha value is -1.24. The first-order chi connectivity index (χ1) is 8.69. The van der Waals surface area contributed by atoms with Gasteiger partial charge in [0.05, 0.1) is 6.54 Å². The second kappa shape index (κ2) is 7.97. The number of carbonyl (C=O) groups excluding carboxylic acids is 1. The maximum atomic E-state index is 11.7. The van der Waals surface area contributed by atoms with E-state index < -0.39 is 0 Å². The van der Waals surface area contributed by atoms with E-state index in [0.29, 0.717) is 11.3 Å². The molecule has 1 rings (SSSR count). The van der Waals surface area contributed by atoms with Crippen LogP contribution in [0.5, 0.6) is 0 Å². The SMILES string of the molecule is CCCCNC(=O)Cn1c(=S)nnn1CCCC. The van der Waals surface area contributed by atoms with Crippen LogP contribution >= 0.6 is 12.2 Å². The van der Waals surface area contributed by atoms with Crippen molar-refractivity contribution in [2.24, 2.45) is 0 Å². The van der Waals surface area contributed by atoms with Crippen molar-refractivity contribution < 1.29 is 4.79 Å². The molecule has 0 unspecified atom stereocenters. The molecule has 0 aliphatic heterocycles. The van der Waals surface area contributed by atoms with E-state index in [0.717, 1.165) is 32.2 Å². The first-order valence-electron chi connectivity index (χ1n) is 6.46. The number of nitrogens with one attached hydrogen (secondary N) is 1. The molecule has 1 N–H and O–H groups in total. The van der Waals surface area contributed by atoms with Crippen molar-refractivity contribution in [1.82, 2.24) is 25.1 Å². The van der Waals surface area contributed by atoms with E-state index in [-0.39, 0.29) is 12.5 Å². The zero-order valence-electron chi connectivity index (χ0n) is 11.1. The first kappa shape index (κ1) is 14.8. The minimum absolute atomic E-state index is 0.0420. The van der Waals surface area contributed by atoms with Crippen LogP contribution < -0.4 is 5.32 Å². The lowest BCUT2D eigenvalue weighted by molar-refractivity contribution is -0.122. The summed E-state index contributed by atoms with van der Waals surface area (Å²) in [5.74, 6) is -0.0420. The fourth-order valence-electron chi connectivity index (χ4n) is 1.50. The summed E-state index contributed by atoms with van der Waals surface area (Å²) in [5.41, 5.74) is 0. The van der Waals surface area contributed by atoms with Crippen molar-refractivity contribution in [1.29, 1.82) is 0 Å². The molecular formula is C11H21N5OS. The Morgan fingerprint density at radius 3 is 2.72 bits per heavy atom. The van der Waals surface area contributed by atoms with Crippen molar-refractivity contribution in [3.63, 3.8) is 0 Å². The van der Waals surface area contributed by atoms with Crippen LogP contribution in [0, 0.1) is 4.77 Å². The van der Waals surface area contributed by atoms with Crippen molar-refractivity contribution in [3.05, 3.63) is 4.77 Å². The quantitative estimate of drug-likeness (QED) is 0.575. The van der Waals surface area contributed by atoms with E-state index in [1.807, 2.05) is 0 Å². The highest BCUT2D eigenvalue weighted by atomic mass is 32.1. The van der Waals surface area contributed by atoms with Gasteiger partial charge in [-0.3, -0.25) is 4.79 Å². The van der Waals surface area contributed by atoms with Crippen molar-refractivity contribution in [2.45, 2.75) is 52.6 Å². The molecule has 0 fully saturated rings. The number of aryl methyl sites for hydroxylation is 1. The summed E-state index contributed by atoms with van der Waals surface area (Å²) in [6, 6.07) is 0. The van der Waals surface area contributed by atoms with Gasteiger partial charge in [-0.05, 0) is 30.3 Å². The van der Waals surface area contributed by atoms with E-state index in [1.165, 1.54) is 0 Å². The lowest BCUT2D eigenvalue weighted by Crippen LogP contribution is -2.31. The van der Waals surface area contributed by atoms with Crippen LogP contribution in [0.1, 0.15) is 39.5 Å². The maximum Gasteiger partial charge on any atom is 0.241 e. The fraction of sp³-hybridized carbons (Fsp3) is 0.818. The highest BCUT2D eigenvalue weighted by Gasteiger charge is 2.08. The van der Waals surface area contributed by atoms with Gasteiger partial charge in [0.2, 0.25) is 10.7 Å². The molecule has 0 aliphatic carbocycles. The summed E-state index contributed by atoms with van der Waals surface area (Å²) in [5, 5.41) is 10.6. The molecular weight excluding hydrogens is 250 g/mol. The predicted octanol–water partition coefficient (Wildman–Crippen LogP) is 1.53. The topological polar surface area (TPSA) is 64.7 Å². The summed E-state index contributed by atoms with van der Waals surface area (Å²) < 4.78 is 2.00. The summed E-state index contributed by atoms with van der Waals surface area (Å²) in [7, 11) is 0. The third-order valence-electron chi connectivity index (χ3n) is 2.59. The van der Waals surface area contributed by atoms with Gasteiger partial charge in [0.15, 0.2) is 0 Å². The van der Waals surface area contributed by atoms with Gasteiger partial charge in [0, 0.05) is 6.54 Å². The number of amides is 1. The minimum Gasteiger partial charge on any atom is -0.354 e. The molecule has 0 bridgehead atoms. The van der Waals surface area contributed by atoms with Crippen LogP contribution in [0.15, 0.2) is 0 Å². The predicted molar refractivity (Wildman–Crippen MR) is 71.7 cm³/mol. The second-order valence-corrected chi connectivity index (χ2v) is 4.55. The van der Waals surface area contributed by atoms with Gasteiger partial charge in [-0.25, -0.2) is 4.68 Å². The molecule has 6 nitrogen and oxygen atoms in total. The van der Waals surface area contributed by atoms with Crippen molar-refractivity contribution in [2.75, 3.05) is 6.54 Å². The van der Waals surface area contributed by atoms with E-state index in [4.69, 9.17) is 12.2 Å². The third-order valence-corrected chi connectivity index (χ3v) is 2.88. The molecule has 102 valence electrons. The number of hydrogen-bond acceptors (Lipinski definition) is 4. The van der Waals surface area contributed by atoms with Crippen molar-refractivity contribution >= 4 is 18.1 Å². The number of aromatic nitrogens is 4.